The summed E-state index contributed by atoms with van der Waals surface area (Å²) in [5.74, 6) is -0.526. The van der Waals surface area contributed by atoms with Crippen LogP contribution in [0, 0.1) is 11.8 Å². The van der Waals surface area contributed by atoms with E-state index in [1.165, 1.54) is 0 Å². The van der Waals surface area contributed by atoms with Crippen LogP contribution in [0.4, 0.5) is 0 Å². The van der Waals surface area contributed by atoms with Crippen LogP contribution in [-0.2, 0) is 37.0 Å². The smallest absolute Gasteiger partial charge is 0.312 e. The van der Waals surface area contributed by atoms with Crippen molar-refractivity contribution in [2.24, 2.45) is 11.8 Å². The summed E-state index contributed by atoms with van der Waals surface area (Å²) in [7, 11) is 0. The molecule has 2 heterocycles. The fraction of sp³-hybridized carbons (Fsp3) is 0.458. The van der Waals surface area contributed by atoms with E-state index in [0.29, 0.717) is 33.0 Å². The predicted octanol–water partition coefficient (Wildman–Crippen LogP) is 3.76. The molecule has 0 aliphatic carbocycles. The van der Waals surface area contributed by atoms with E-state index in [2.05, 4.69) is 0 Å². The molecule has 2 aliphatic rings. The Hall–Kier alpha value is -2.21. The maximum absolute atomic E-state index is 12.6. The van der Waals surface area contributed by atoms with Crippen LogP contribution in [0.25, 0.3) is 0 Å². The third kappa shape index (κ3) is 5.24. The Morgan fingerprint density at radius 1 is 0.862 bits per heavy atom. The molecule has 5 nitrogen and oxygen atoms in total. The first-order chi connectivity index (χ1) is 14.3. The lowest BCUT2D eigenvalue weighted by molar-refractivity contribution is -0.148. The summed E-state index contributed by atoms with van der Waals surface area (Å²) >= 11 is 0. The maximum atomic E-state index is 12.6. The van der Waals surface area contributed by atoms with E-state index in [1.807, 2.05) is 60.7 Å². The lowest BCUT2D eigenvalue weighted by Crippen LogP contribution is -2.35. The van der Waals surface area contributed by atoms with E-state index >= 15 is 0 Å². The molecule has 2 saturated heterocycles. The molecular formula is C24H28O5. The summed E-state index contributed by atoms with van der Waals surface area (Å²) in [5.41, 5.74) is 2.22. The third-order valence-corrected chi connectivity index (χ3v) is 5.66. The number of carbonyl (C=O) groups is 1. The van der Waals surface area contributed by atoms with Crippen LogP contribution < -0.4 is 0 Å². The number of benzene rings is 2. The Morgan fingerprint density at radius 3 is 2.07 bits per heavy atom. The van der Waals surface area contributed by atoms with Gasteiger partial charge in [-0.2, -0.15) is 0 Å². The molecule has 4 atom stereocenters. The summed E-state index contributed by atoms with van der Waals surface area (Å²) in [6.07, 6.45) is 1.50. The highest BCUT2D eigenvalue weighted by Crippen LogP contribution is 2.36. The van der Waals surface area contributed by atoms with E-state index in [9.17, 15) is 4.79 Å². The zero-order valence-electron chi connectivity index (χ0n) is 16.6. The molecule has 0 amide bonds. The van der Waals surface area contributed by atoms with E-state index in [4.69, 9.17) is 18.9 Å². The van der Waals surface area contributed by atoms with Crippen LogP contribution in [0.3, 0.4) is 0 Å². The highest BCUT2D eigenvalue weighted by molar-refractivity contribution is 5.76. The molecular weight excluding hydrogens is 368 g/mol. The first kappa shape index (κ1) is 20.1. The van der Waals surface area contributed by atoms with Crippen LogP contribution in [0.1, 0.15) is 24.0 Å². The van der Waals surface area contributed by atoms with Gasteiger partial charge in [-0.1, -0.05) is 60.7 Å². The van der Waals surface area contributed by atoms with Gasteiger partial charge in [0, 0.05) is 12.5 Å². The lowest BCUT2D eigenvalue weighted by Gasteiger charge is -2.24. The number of carbonyl (C=O) groups excluding carboxylic acids is 1. The van der Waals surface area contributed by atoms with Crippen molar-refractivity contribution in [1.82, 2.24) is 0 Å². The molecule has 2 aromatic carbocycles. The molecule has 29 heavy (non-hydrogen) atoms. The van der Waals surface area contributed by atoms with Crippen LogP contribution in [0.5, 0.6) is 0 Å². The summed E-state index contributed by atoms with van der Waals surface area (Å²) in [4.78, 5) is 12.6. The average molecular weight is 396 g/mol. The van der Waals surface area contributed by atoms with Gasteiger partial charge in [-0.15, -0.1) is 0 Å². The second-order valence-corrected chi connectivity index (χ2v) is 7.72. The second-order valence-electron chi connectivity index (χ2n) is 7.72. The van der Waals surface area contributed by atoms with Crippen molar-refractivity contribution < 1.29 is 23.7 Å². The van der Waals surface area contributed by atoms with Gasteiger partial charge in [0.15, 0.2) is 0 Å². The number of rotatable bonds is 9. The largest absolute Gasteiger partial charge is 0.459 e. The van der Waals surface area contributed by atoms with Crippen molar-refractivity contribution in [2.75, 3.05) is 19.8 Å². The van der Waals surface area contributed by atoms with E-state index in [-0.39, 0.29) is 30.0 Å². The zero-order chi connectivity index (χ0) is 19.9. The van der Waals surface area contributed by atoms with Crippen molar-refractivity contribution in [1.29, 1.82) is 0 Å². The van der Waals surface area contributed by atoms with E-state index in [1.54, 1.807) is 0 Å². The van der Waals surface area contributed by atoms with Gasteiger partial charge in [-0.05, 0) is 24.0 Å². The Bertz CT molecular complexity index is 757. The summed E-state index contributed by atoms with van der Waals surface area (Å²) < 4.78 is 23.4. The minimum Gasteiger partial charge on any atom is -0.459 e. The minimum absolute atomic E-state index is 0.0647. The molecule has 0 saturated carbocycles. The van der Waals surface area contributed by atoms with Crippen molar-refractivity contribution in [3.05, 3.63) is 71.8 Å². The Labute approximate surface area is 171 Å². The molecule has 1 unspecified atom stereocenters. The van der Waals surface area contributed by atoms with E-state index < -0.39 is 0 Å². The highest BCUT2D eigenvalue weighted by atomic mass is 16.6. The van der Waals surface area contributed by atoms with E-state index in [0.717, 1.165) is 24.0 Å². The molecule has 0 N–H and O–H groups in total. The molecule has 5 heteroatoms. The van der Waals surface area contributed by atoms with Gasteiger partial charge >= 0.3 is 5.97 Å². The van der Waals surface area contributed by atoms with Crippen LogP contribution in [-0.4, -0.2) is 38.0 Å². The van der Waals surface area contributed by atoms with Crippen LogP contribution >= 0.6 is 0 Å². The number of esters is 1. The van der Waals surface area contributed by atoms with Gasteiger partial charge in [0.1, 0.15) is 6.10 Å². The lowest BCUT2D eigenvalue weighted by atomic mass is 9.85. The monoisotopic (exact) mass is 396 g/mol. The van der Waals surface area contributed by atoms with Gasteiger partial charge in [0.05, 0.1) is 38.4 Å². The second kappa shape index (κ2) is 10.0. The fourth-order valence-electron chi connectivity index (χ4n) is 4.16. The average Bonchev–Trinajstić information content (AvgIpc) is 3.38. The van der Waals surface area contributed by atoms with Gasteiger partial charge in [-0.3, -0.25) is 4.79 Å². The third-order valence-electron chi connectivity index (χ3n) is 5.66. The fourth-order valence-corrected chi connectivity index (χ4v) is 4.16. The summed E-state index contributed by atoms with van der Waals surface area (Å²) in [6, 6.07) is 20.1. The number of cyclic esters (lactones) is 1. The molecule has 0 aromatic heterocycles. The van der Waals surface area contributed by atoms with Crippen LogP contribution in [0.2, 0.25) is 0 Å². The number of hydrogen-bond donors (Lipinski definition) is 0. The number of hydrogen-bond acceptors (Lipinski definition) is 5. The highest BCUT2D eigenvalue weighted by Gasteiger charge is 2.49. The van der Waals surface area contributed by atoms with Gasteiger partial charge < -0.3 is 18.9 Å². The molecule has 4 rings (SSSR count). The Kier molecular flexibility index (Phi) is 6.93. The molecule has 2 aliphatic heterocycles. The Morgan fingerprint density at radius 2 is 1.48 bits per heavy atom. The molecule has 154 valence electrons. The van der Waals surface area contributed by atoms with Crippen molar-refractivity contribution in [3.63, 3.8) is 0 Å². The quantitative estimate of drug-likeness (QED) is 0.604. The Balaban J connectivity index is 1.37. The molecule has 0 bridgehead atoms. The maximum Gasteiger partial charge on any atom is 0.312 e. The van der Waals surface area contributed by atoms with Crippen LogP contribution in [0.15, 0.2) is 60.7 Å². The minimum atomic E-state index is -0.309. The summed E-state index contributed by atoms with van der Waals surface area (Å²) in [5, 5.41) is 0. The van der Waals surface area contributed by atoms with Gasteiger partial charge in [0.2, 0.25) is 0 Å². The molecule has 2 fully saturated rings. The normalized spacial score (nSPS) is 26.6. The topological polar surface area (TPSA) is 54.0 Å². The van der Waals surface area contributed by atoms with Gasteiger partial charge in [-0.25, -0.2) is 0 Å². The SMILES string of the molecule is O=C1O[C@H](COCc2ccccc2)[C@@H](COCc2ccccc2)[C@@H]1C1CCCO1. The summed E-state index contributed by atoms with van der Waals surface area (Å²) in [6.45, 7) is 2.54. The van der Waals surface area contributed by atoms with Crippen molar-refractivity contribution in [3.8, 4) is 0 Å². The first-order valence-corrected chi connectivity index (χ1v) is 10.4. The molecule has 2 aromatic rings. The van der Waals surface area contributed by atoms with Crippen molar-refractivity contribution in [2.45, 2.75) is 38.3 Å². The molecule has 0 radical (unpaired) electrons. The van der Waals surface area contributed by atoms with Crippen molar-refractivity contribution >= 4 is 5.97 Å². The standard InChI is InChI=1S/C24H28O5/c25-24-23(21-12-7-13-28-21)20(16-26-14-18-8-3-1-4-9-18)22(29-24)17-27-15-19-10-5-2-6-11-19/h1-6,8-11,20-23H,7,12-17H2/t20-,21?,22-,23-/m1/s1. The zero-order valence-corrected chi connectivity index (χ0v) is 16.6. The predicted molar refractivity (Wildman–Crippen MR) is 108 cm³/mol. The number of ether oxygens (including phenoxy) is 4. The first-order valence-electron chi connectivity index (χ1n) is 10.4. The molecule has 0 spiro atoms. The van der Waals surface area contributed by atoms with Gasteiger partial charge in [0.25, 0.3) is 0 Å².